The Bertz CT molecular complexity index is 610. The molecule has 23 heavy (non-hydrogen) atoms. The summed E-state index contributed by atoms with van der Waals surface area (Å²) in [5.74, 6) is 0.457. The van der Waals surface area contributed by atoms with E-state index in [0.29, 0.717) is 18.9 Å². The third kappa shape index (κ3) is 3.24. The van der Waals surface area contributed by atoms with Gasteiger partial charge in [-0.05, 0) is 49.0 Å². The first-order valence-corrected chi connectivity index (χ1v) is 8.52. The molecule has 1 fully saturated rings. The van der Waals surface area contributed by atoms with Crippen LogP contribution in [0.3, 0.4) is 0 Å². The molecule has 0 aromatic heterocycles. The fraction of sp³-hybridized carbons (Fsp3) is 0.556. The van der Waals surface area contributed by atoms with E-state index in [2.05, 4.69) is 35.0 Å². The number of aryl methyl sites for hydroxylation is 1. The summed E-state index contributed by atoms with van der Waals surface area (Å²) in [5, 5.41) is 9.12. The van der Waals surface area contributed by atoms with Gasteiger partial charge in [0.1, 0.15) is 0 Å². The van der Waals surface area contributed by atoms with Crippen LogP contribution in [0.25, 0.3) is 0 Å². The van der Waals surface area contributed by atoms with Crippen molar-refractivity contribution in [3.05, 3.63) is 29.3 Å². The minimum absolute atomic E-state index is 0.0348. The Kier molecular flexibility index (Phi) is 4.66. The number of carbonyl (C=O) groups is 2. The zero-order valence-corrected chi connectivity index (χ0v) is 13.8. The van der Waals surface area contributed by atoms with Crippen LogP contribution in [0.5, 0.6) is 0 Å². The predicted octanol–water partition coefficient (Wildman–Crippen LogP) is 1.65. The second-order valence-corrected chi connectivity index (χ2v) is 6.60. The van der Waals surface area contributed by atoms with Crippen LogP contribution in [0.2, 0.25) is 0 Å². The van der Waals surface area contributed by atoms with Crippen molar-refractivity contribution in [2.45, 2.75) is 32.6 Å². The van der Waals surface area contributed by atoms with E-state index in [1.54, 1.807) is 0 Å². The van der Waals surface area contributed by atoms with Gasteiger partial charge in [-0.15, -0.1) is 0 Å². The molecule has 2 atom stereocenters. The molecule has 3 N–H and O–H groups in total. The predicted molar refractivity (Wildman–Crippen MR) is 90.3 cm³/mol. The van der Waals surface area contributed by atoms with Gasteiger partial charge in [0.05, 0.1) is 5.92 Å². The number of amides is 2. The number of hydrogen-bond acceptors (Lipinski definition) is 3. The summed E-state index contributed by atoms with van der Waals surface area (Å²) >= 11 is 0. The van der Waals surface area contributed by atoms with Gasteiger partial charge in [-0.1, -0.05) is 26.0 Å². The molecule has 0 bridgehead atoms. The molecule has 2 unspecified atom stereocenters. The van der Waals surface area contributed by atoms with E-state index in [1.165, 1.54) is 5.56 Å². The van der Waals surface area contributed by atoms with Crippen LogP contribution in [0, 0.1) is 11.8 Å². The van der Waals surface area contributed by atoms with Crippen molar-refractivity contribution in [2.75, 3.05) is 25.0 Å². The summed E-state index contributed by atoms with van der Waals surface area (Å²) < 4.78 is 0. The Morgan fingerprint density at radius 1 is 1.39 bits per heavy atom. The van der Waals surface area contributed by atoms with Crippen molar-refractivity contribution in [2.24, 2.45) is 11.8 Å². The lowest BCUT2D eigenvalue weighted by molar-refractivity contribution is -0.127. The third-order valence-electron chi connectivity index (χ3n) is 5.14. The van der Waals surface area contributed by atoms with Crippen molar-refractivity contribution < 1.29 is 9.59 Å². The highest BCUT2D eigenvalue weighted by Crippen LogP contribution is 2.35. The lowest BCUT2D eigenvalue weighted by atomic mass is 9.88. The van der Waals surface area contributed by atoms with E-state index < -0.39 is 0 Å². The molecule has 3 rings (SSSR count). The van der Waals surface area contributed by atoms with Gasteiger partial charge >= 0.3 is 0 Å². The molecule has 1 aromatic carbocycles. The average molecular weight is 315 g/mol. The number of fused-ring (bicyclic) bond motifs is 1. The SMILES string of the molecule is CCc1ccc2c(c1)C(CCNC(=O)C(C)C1CNC1)C(=O)N2. The molecule has 2 heterocycles. The molecule has 0 radical (unpaired) electrons. The Hall–Kier alpha value is -1.88. The van der Waals surface area contributed by atoms with Crippen LogP contribution in [-0.4, -0.2) is 31.4 Å². The van der Waals surface area contributed by atoms with Gasteiger partial charge in [-0.25, -0.2) is 0 Å². The van der Waals surface area contributed by atoms with E-state index in [1.807, 2.05) is 13.0 Å². The van der Waals surface area contributed by atoms with Crippen LogP contribution < -0.4 is 16.0 Å². The fourth-order valence-electron chi connectivity index (χ4n) is 3.26. The lowest BCUT2D eigenvalue weighted by Gasteiger charge is -2.31. The van der Waals surface area contributed by atoms with E-state index in [9.17, 15) is 9.59 Å². The molecule has 5 heteroatoms. The molecular weight excluding hydrogens is 290 g/mol. The van der Waals surface area contributed by atoms with E-state index in [0.717, 1.165) is 30.8 Å². The first kappa shape index (κ1) is 16.0. The molecule has 0 aliphatic carbocycles. The standard InChI is InChI=1S/C18H25N3O2/c1-3-12-4-5-16-15(8-12)14(18(23)21-16)6-7-20-17(22)11(2)13-9-19-10-13/h4-5,8,11,13-14,19H,3,6-7,9-10H2,1-2H3,(H,20,22)(H,21,23). The summed E-state index contributed by atoms with van der Waals surface area (Å²) in [6, 6.07) is 6.15. The highest BCUT2D eigenvalue weighted by molar-refractivity contribution is 6.02. The average Bonchev–Trinajstić information content (AvgIpc) is 2.80. The molecular formula is C18H25N3O2. The molecule has 0 saturated carbocycles. The summed E-state index contributed by atoms with van der Waals surface area (Å²) in [6.07, 6.45) is 1.60. The highest BCUT2D eigenvalue weighted by atomic mass is 16.2. The van der Waals surface area contributed by atoms with Crippen LogP contribution >= 0.6 is 0 Å². The largest absolute Gasteiger partial charge is 0.356 e. The topological polar surface area (TPSA) is 70.2 Å². The van der Waals surface area contributed by atoms with Gasteiger partial charge in [-0.3, -0.25) is 9.59 Å². The number of benzene rings is 1. The maximum Gasteiger partial charge on any atom is 0.232 e. The zero-order chi connectivity index (χ0) is 16.4. The van der Waals surface area contributed by atoms with Gasteiger partial charge in [-0.2, -0.15) is 0 Å². The van der Waals surface area contributed by atoms with Crippen LogP contribution in [0.15, 0.2) is 18.2 Å². The van der Waals surface area contributed by atoms with Gasteiger partial charge in [0, 0.05) is 18.2 Å². The van der Waals surface area contributed by atoms with E-state index in [4.69, 9.17) is 0 Å². The Balaban J connectivity index is 1.56. The summed E-state index contributed by atoms with van der Waals surface area (Å²) in [6.45, 7) is 6.47. The third-order valence-corrected chi connectivity index (χ3v) is 5.14. The number of anilines is 1. The first-order chi connectivity index (χ1) is 11.1. The van der Waals surface area contributed by atoms with Crippen LogP contribution in [0.1, 0.15) is 37.3 Å². The van der Waals surface area contributed by atoms with Gasteiger partial charge in [0.15, 0.2) is 0 Å². The minimum Gasteiger partial charge on any atom is -0.356 e. The van der Waals surface area contributed by atoms with Crippen molar-refractivity contribution in [3.63, 3.8) is 0 Å². The number of hydrogen-bond donors (Lipinski definition) is 3. The second kappa shape index (κ2) is 6.71. The monoisotopic (exact) mass is 315 g/mol. The molecule has 1 saturated heterocycles. The molecule has 0 spiro atoms. The van der Waals surface area contributed by atoms with Crippen molar-refractivity contribution >= 4 is 17.5 Å². The Morgan fingerprint density at radius 3 is 2.83 bits per heavy atom. The van der Waals surface area contributed by atoms with Gasteiger partial charge < -0.3 is 16.0 Å². The number of nitrogens with one attached hydrogen (secondary N) is 3. The first-order valence-electron chi connectivity index (χ1n) is 8.52. The normalized spacial score (nSPS) is 21.3. The number of carbonyl (C=O) groups excluding carboxylic acids is 2. The molecule has 5 nitrogen and oxygen atoms in total. The highest BCUT2D eigenvalue weighted by Gasteiger charge is 2.31. The van der Waals surface area contributed by atoms with Gasteiger partial charge in [0.25, 0.3) is 0 Å². The maximum absolute atomic E-state index is 12.2. The lowest BCUT2D eigenvalue weighted by Crippen LogP contribution is -2.49. The summed E-state index contributed by atoms with van der Waals surface area (Å²) in [7, 11) is 0. The molecule has 124 valence electrons. The summed E-state index contributed by atoms with van der Waals surface area (Å²) in [4.78, 5) is 24.3. The van der Waals surface area contributed by atoms with Crippen LogP contribution in [0.4, 0.5) is 5.69 Å². The molecule has 2 aliphatic rings. The smallest absolute Gasteiger partial charge is 0.232 e. The number of rotatable bonds is 6. The van der Waals surface area contributed by atoms with Gasteiger partial charge in [0.2, 0.25) is 11.8 Å². The fourth-order valence-corrected chi connectivity index (χ4v) is 3.26. The molecule has 2 amide bonds. The minimum atomic E-state index is -0.155. The van der Waals surface area contributed by atoms with Crippen molar-refractivity contribution in [1.29, 1.82) is 0 Å². The zero-order valence-electron chi connectivity index (χ0n) is 13.8. The van der Waals surface area contributed by atoms with Crippen molar-refractivity contribution in [1.82, 2.24) is 10.6 Å². The van der Waals surface area contributed by atoms with Crippen molar-refractivity contribution in [3.8, 4) is 0 Å². The van der Waals surface area contributed by atoms with E-state index in [-0.39, 0.29) is 23.7 Å². The molecule has 1 aromatic rings. The maximum atomic E-state index is 12.2. The quantitative estimate of drug-likeness (QED) is 0.747. The second-order valence-electron chi connectivity index (χ2n) is 6.60. The Morgan fingerprint density at radius 2 is 2.17 bits per heavy atom. The summed E-state index contributed by atoms with van der Waals surface area (Å²) in [5.41, 5.74) is 3.22. The Labute approximate surface area is 137 Å². The van der Waals surface area contributed by atoms with Crippen LogP contribution in [-0.2, 0) is 16.0 Å². The molecule has 2 aliphatic heterocycles. The van der Waals surface area contributed by atoms with E-state index >= 15 is 0 Å².